The molecule has 0 amide bonds. The van der Waals surface area contributed by atoms with E-state index < -0.39 is 5.60 Å². The molecule has 5 nitrogen and oxygen atoms in total. The zero-order chi connectivity index (χ0) is 13.5. The number of hydrogen-bond acceptors (Lipinski definition) is 5. The zero-order valence-corrected chi connectivity index (χ0v) is 11.4. The first kappa shape index (κ1) is 12.2. The van der Waals surface area contributed by atoms with Crippen molar-refractivity contribution < 1.29 is 9.26 Å². The second kappa shape index (κ2) is 4.35. The zero-order valence-electron chi connectivity index (χ0n) is 11.4. The number of nitrogens with one attached hydrogen (secondary N) is 1. The van der Waals surface area contributed by atoms with Crippen LogP contribution in [0.15, 0.2) is 22.7 Å². The van der Waals surface area contributed by atoms with Crippen LogP contribution >= 0.6 is 0 Å². The van der Waals surface area contributed by atoms with Crippen LogP contribution in [0.25, 0.3) is 11.5 Å². The van der Waals surface area contributed by atoms with Gasteiger partial charge in [0.1, 0.15) is 5.60 Å². The summed E-state index contributed by atoms with van der Waals surface area (Å²) in [4.78, 5) is 4.42. The largest absolute Gasteiger partial charge is 0.384 e. The molecule has 0 unspecified atom stereocenters. The maximum atomic E-state index is 5.35. The van der Waals surface area contributed by atoms with Gasteiger partial charge in [0.05, 0.1) is 0 Å². The summed E-state index contributed by atoms with van der Waals surface area (Å²) in [6.07, 6.45) is 1.07. The van der Waals surface area contributed by atoms with Crippen molar-refractivity contribution in [2.24, 2.45) is 0 Å². The van der Waals surface area contributed by atoms with Gasteiger partial charge in [-0.1, -0.05) is 11.2 Å². The third-order valence-corrected chi connectivity index (χ3v) is 3.54. The summed E-state index contributed by atoms with van der Waals surface area (Å²) in [6.45, 7) is 4.81. The minimum Gasteiger partial charge on any atom is -0.384 e. The number of methoxy groups -OCH3 is 1. The maximum Gasteiger partial charge on any atom is 0.258 e. The van der Waals surface area contributed by atoms with Crippen molar-refractivity contribution in [1.29, 1.82) is 0 Å². The van der Waals surface area contributed by atoms with Gasteiger partial charge in [-0.3, -0.25) is 0 Å². The first-order valence-electron chi connectivity index (χ1n) is 6.37. The fourth-order valence-electron chi connectivity index (χ4n) is 2.10. The highest BCUT2D eigenvalue weighted by atomic mass is 16.5. The summed E-state index contributed by atoms with van der Waals surface area (Å²) >= 11 is 0. The average Bonchev–Trinajstić information content (AvgIpc) is 3.06. The molecule has 1 aromatic carbocycles. The molecule has 0 saturated carbocycles. The molecule has 0 aliphatic carbocycles. The van der Waals surface area contributed by atoms with Crippen molar-refractivity contribution >= 4 is 5.69 Å². The highest BCUT2D eigenvalue weighted by Crippen LogP contribution is 2.29. The lowest BCUT2D eigenvalue weighted by Gasteiger charge is -2.17. The molecule has 3 rings (SSSR count). The smallest absolute Gasteiger partial charge is 0.258 e. The monoisotopic (exact) mass is 259 g/mol. The Kier molecular flexibility index (Phi) is 2.78. The van der Waals surface area contributed by atoms with Crippen molar-refractivity contribution in [3.8, 4) is 11.5 Å². The lowest BCUT2D eigenvalue weighted by atomic mass is 10.1. The molecule has 100 valence electrons. The number of hydrogen-bond donors (Lipinski definition) is 1. The van der Waals surface area contributed by atoms with E-state index in [4.69, 9.17) is 9.26 Å². The van der Waals surface area contributed by atoms with E-state index in [2.05, 4.69) is 27.6 Å². The Labute approximate surface area is 112 Å². The van der Waals surface area contributed by atoms with E-state index in [0.717, 1.165) is 24.2 Å². The summed E-state index contributed by atoms with van der Waals surface area (Å²) in [6, 6.07) is 6.18. The van der Waals surface area contributed by atoms with Crippen LogP contribution in [0.1, 0.15) is 25.2 Å². The van der Waals surface area contributed by atoms with Crippen molar-refractivity contribution in [3.05, 3.63) is 29.6 Å². The third kappa shape index (κ3) is 2.10. The van der Waals surface area contributed by atoms with E-state index >= 15 is 0 Å². The van der Waals surface area contributed by atoms with Crippen molar-refractivity contribution in [3.63, 3.8) is 0 Å². The number of ether oxygens (including phenoxy) is 1. The molecule has 1 aliphatic heterocycles. The molecule has 1 aromatic heterocycles. The second-order valence-corrected chi connectivity index (χ2v) is 5.19. The average molecular weight is 259 g/mol. The fourth-order valence-corrected chi connectivity index (χ4v) is 2.10. The standard InChI is InChI=1S/C14H17N3O2/c1-14(2,18-3)13-16-12(19-17-13)10-5-4-9-6-7-15-11(9)8-10/h4-5,8,15H,6-7H2,1-3H3. The van der Waals surface area contributed by atoms with Crippen LogP contribution in [0.2, 0.25) is 0 Å². The molecule has 1 N–H and O–H groups in total. The van der Waals surface area contributed by atoms with Gasteiger partial charge < -0.3 is 14.6 Å². The molecule has 1 aliphatic rings. The summed E-state index contributed by atoms with van der Waals surface area (Å²) in [5.41, 5.74) is 2.87. The highest BCUT2D eigenvalue weighted by molar-refractivity contribution is 5.66. The number of aromatic nitrogens is 2. The molecule has 19 heavy (non-hydrogen) atoms. The van der Waals surface area contributed by atoms with Gasteiger partial charge in [0.25, 0.3) is 5.89 Å². The van der Waals surface area contributed by atoms with E-state index in [1.165, 1.54) is 5.56 Å². The number of anilines is 1. The molecule has 2 aromatic rings. The second-order valence-electron chi connectivity index (χ2n) is 5.19. The van der Waals surface area contributed by atoms with Gasteiger partial charge in [0.15, 0.2) is 0 Å². The predicted molar refractivity (Wildman–Crippen MR) is 72.0 cm³/mol. The molecule has 5 heteroatoms. The van der Waals surface area contributed by atoms with Crippen LogP contribution in [-0.4, -0.2) is 23.8 Å². The van der Waals surface area contributed by atoms with E-state index in [1.807, 2.05) is 19.9 Å². The first-order chi connectivity index (χ1) is 9.10. The van der Waals surface area contributed by atoms with Gasteiger partial charge >= 0.3 is 0 Å². The van der Waals surface area contributed by atoms with Crippen LogP contribution in [0.4, 0.5) is 5.69 Å². The number of rotatable bonds is 3. The predicted octanol–water partition coefficient (Wildman–Crippen LogP) is 2.59. The molecular weight excluding hydrogens is 242 g/mol. The van der Waals surface area contributed by atoms with Crippen LogP contribution in [0.3, 0.4) is 0 Å². The van der Waals surface area contributed by atoms with Gasteiger partial charge in [0, 0.05) is 24.9 Å². The molecule has 0 bridgehead atoms. The van der Waals surface area contributed by atoms with E-state index in [1.54, 1.807) is 7.11 Å². The van der Waals surface area contributed by atoms with Crippen LogP contribution in [-0.2, 0) is 16.8 Å². The van der Waals surface area contributed by atoms with Gasteiger partial charge in [-0.2, -0.15) is 4.98 Å². The highest BCUT2D eigenvalue weighted by Gasteiger charge is 2.26. The minimum absolute atomic E-state index is 0.525. The Morgan fingerprint density at radius 3 is 3.00 bits per heavy atom. The summed E-state index contributed by atoms with van der Waals surface area (Å²) < 4.78 is 10.7. The molecule has 0 spiro atoms. The molecule has 0 saturated heterocycles. The summed E-state index contributed by atoms with van der Waals surface area (Å²) in [7, 11) is 1.63. The molecular formula is C14H17N3O2. The summed E-state index contributed by atoms with van der Waals surface area (Å²) in [5.74, 6) is 1.08. The van der Waals surface area contributed by atoms with Crippen LogP contribution in [0, 0.1) is 0 Å². The van der Waals surface area contributed by atoms with Gasteiger partial charge in [-0.25, -0.2) is 0 Å². The molecule has 0 fully saturated rings. The Bertz CT molecular complexity index is 604. The van der Waals surface area contributed by atoms with Crippen LogP contribution in [0.5, 0.6) is 0 Å². The molecule has 0 atom stereocenters. The third-order valence-electron chi connectivity index (χ3n) is 3.54. The van der Waals surface area contributed by atoms with Crippen molar-refractivity contribution in [2.45, 2.75) is 25.9 Å². The fraction of sp³-hybridized carbons (Fsp3) is 0.429. The Morgan fingerprint density at radius 1 is 1.37 bits per heavy atom. The lowest BCUT2D eigenvalue weighted by molar-refractivity contribution is 0.00973. The quantitative estimate of drug-likeness (QED) is 0.918. The number of fused-ring (bicyclic) bond motifs is 1. The number of nitrogens with zero attached hydrogens (tertiary/aromatic N) is 2. The van der Waals surface area contributed by atoms with E-state index in [0.29, 0.717) is 11.7 Å². The maximum absolute atomic E-state index is 5.35. The normalized spacial score (nSPS) is 14.3. The minimum atomic E-state index is -0.545. The SMILES string of the molecule is COC(C)(C)c1noc(-c2ccc3c(c2)NCC3)n1. The summed E-state index contributed by atoms with van der Waals surface area (Å²) in [5, 5.41) is 7.34. The Balaban J connectivity index is 1.95. The van der Waals surface area contributed by atoms with Gasteiger partial charge in [-0.05, 0) is 38.0 Å². The Hall–Kier alpha value is -1.88. The van der Waals surface area contributed by atoms with Gasteiger partial charge in [-0.15, -0.1) is 0 Å². The van der Waals surface area contributed by atoms with Gasteiger partial charge in [0.2, 0.25) is 5.82 Å². The molecule has 2 heterocycles. The topological polar surface area (TPSA) is 60.2 Å². The van der Waals surface area contributed by atoms with E-state index in [-0.39, 0.29) is 0 Å². The lowest BCUT2D eigenvalue weighted by Crippen LogP contribution is -2.21. The van der Waals surface area contributed by atoms with E-state index in [9.17, 15) is 0 Å². The number of benzene rings is 1. The van der Waals surface area contributed by atoms with Crippen molar-refractivity contribution in [2.75, 3.05) is 19.0 Å². The Morgan fingerprint density at radius 2 is 2.21 bits per heavy atom. The van der Waals surface area contributed by atoms with Crippen LogP contribution < -0.4 is 5.32 Å². The first-order valence-corrected chi connectivity index (χ1v) is 6.37. The molecule has 0 radical (unpaired) electrons. The van der Waals surface area contributed by atoms with Crippen molar-refractivity contribution in [1.82, 2.24) is 10.1 Å².